The van der Waals surface area contributed by atoms with Gasteiger partial charge in [0.1, 0.15) is 24.4 Å². The van der Waals surface area contributed by atoms with Crippen molar-refractivity contribution in [2.75, 3.05) is 33.5 Å². The molecule has 1 saturated carbocycles. The van der Waals surface area contributed by atoms with Crippen molar-refractivity contribution in [3.05, 3.63) is 0 Å². The van der Waals surface area contributed by atoms with Gasteiger partial charge in [0.25, 0.3) is 0 Å². The van der Waals surface area contributed by atoms with Crippen LogP contribution in [-0.2, 0) is 23.1 Å². The van der Waals surface area contributed by atoms with Gasteiger partial charge < -0.3 is 39.9 Å². The van der Waals surface area contributed by atoms with Crippen LogP contribution in [0.1, 0.15) is 110 Å². The first-order valence-corrected chi connectivity index (χ1v) is 17.3. The highest BCUT2D eigenvalue weighted by Crippen LogP contribution is 2.47. The number of phosphoric ester groups is 1. The second-order valence-electron chi connectivity index (χ2n) is 11.4. The standard InChI is InChI=1S/C29H59O11P/c1-3-4-5-6-7-8-9-10-11-12-13-14-15-16-17-18-19-38-21-23(37-2)22-39-41(35,36)40-29-26(32)24(20-30)25(31)27(33)28(29)34/h23-34H,3-22H2,1-2H3,(H,35,36)/t23-,24+,25-,26-,27+,28+,29-/m1/s1. The predicted molar refractivity (Wildman–Crippen MR) is 156 cm³/mol. The Morgan fingerprint density at radius 3 is 1.63 bits per heavy atom. The van der Waals surface area contributed by atoms with Crippen LogP contribution in [-0.4, -0.2) is 101 Å². The summed E-state index contributed by atoms with van der Waals surface area (Å²) in [4.78, 5) is 10.1. The molecule has 1 rings (SSSR count). The Bertz CT molecular complexity index is 671. The lowest BCUT2D eigenvalue weighted by atomic mass is 9.79. The van der Waals surface area contributed by atoms with Gasteiger partial charge in [0.05, 0.1) is 32.0 Å². The van der Waals surface area contributed by atoms with Crippen molar-refractivity contribution in [1.29, 1.82) is 0 Å². The molecular weight excluding hydrogens is 555 g/mol. The highest BCUT2D eigenvalue weighted by atomic mass is 31.2. The molecule has 0 spiro atoms. The minimum Gasteiger partial charge on any atom is -0.396 e. The number of rotatable bonds is 26. The van der Waals surface area contributed by atoms with E-state index < -0.39 is 57.0 Å². The Kier molecular flexibility index (Phi) is 22.0. The van der Waals surface area contributed by atoms with Crippen molar-refractivity contribution in [1.82, 2.24) is 0 Å². The van der Waals surface area contributed by atoms with E-state index in [1.54, 1.807) is 0 Å². The van der Waals surface area contributed by atoms with E-state index in [-0.39, 0.29) is 13.2 Å². The zero-order valence-electron chi connectivity index (χ0n) is 25.4. The number of phosphoric acid groups is 1. The molecule has 0 heterocycles. The lowest BCUT2D eigenvalue weighted by molar-refractivity contribution is -0.206. The van der Waals surface area contributed by atoms with Crippen LogP contribution in [0.15, 0.2) is 0 Å². The van der Waals surface area contributed by atoms with Crippen molar-refractivity contribution < 1.29 is 53.5 Å². The molecule has 0 radical (unpaired) electrons. The monoisotopic (exact) mass is 614 g/mol. The van der Waals surface area contributed by atoms with Gasteiger partial charge in [-0.25, -0.2) is 4.57 Å². The van der Waals surface area contributed by atoms with Crippen LogP contribution >= 0.6 is 7.82 Å². The first kappa shape index (κ1) is 38.9. The summed E-state index contributed by atoms with van der Waals surface area (Å²) in [6.07, 6.45) is 11.3. The molecule has 0 aromatic rings. The van der Waals surface area contributed by atoms with E-state index in [2.05, 4.69) is 6.92 Å². The van der Waals surface area contributed by atoms with Crippen molar-refractivity contribution in [2.24, 2.45) is 5.92 Å². The van der Waals surface area contributed by atoms with Gasteiger partial charge >= 0.3 is 7.82 Å². The van der Waals surface area contributed by atoms with E-state index in [0.29, 0.717) is 6.61 Å². The molecule has 0 aromatic heterocycles. The first-order chi connectivity index (χ1) is 19.7. The summed E-state index contributed by atoms with van der Waals surface area (Å²) >= 11 is 0. The quantitative estimate of drug-likeness (QED) is 0.0617. The summed E-state index contributed by atoms with van der Waals surface area (Å²) in [5, 5.41) is 49.5. The third-order valence-electron chi connectivity index (χ3n) is 7.92. The topological polar surface area (TPSA) is 175 Å². The molecule has 0 amide bonds. The Balaban J connectivity index is 2.08. The minimum atomic E-state index is -4.79. The number of ether oxygens (including phenoxy) is 2. The molecule has 1 aliphatic carbocycles. The molecule has 41 heavy (non-hydrogen) atoms. The number of methoxy groups -OCH3 is 1. The van der Waals surface area contributed by atoms with E-state index in [0.717, 1.165) is 12.8 Å². The second-order valence-corrected chi connectivity index (χ2v) is 12.8. The molecule has 0 aliphatic heterocycles. The lowest BCUT2D eigenvalue weighted by Crippen LogP contribution is -2.62. The maximum atomic E-state index is 12.4. The third-order valence-corrected chi connectivity index (χ3v) is 8.90. The Morgan fingerprint density at radius 2 is 1.17 bits per heavy atom. The number of unbranched alkanes of at least 4 members (excludes halogenated alkanes) is 15. The van der Waals surface area contributed by atoms with Crippen LogP contribution in [0.2, 0.25) is 0 Å². The van der Waals surface area contributed by atoms with Crippen LogP contribution in [0, 0.1) is 5.92 Å². The molecule has 1 aliphatic rings. The van der Waals surface area contributed by atoms with E-state index in [4.69, 9.17) is 18.5 Å². The van der Waals surface area contributed by atoms with Gasteiger partial charge in [-0.2, -0.15) is 0 Å². The SMILES string of the molecule is CCCCCCCCCCCCCCCCCCOC[C@H](COP(=O)(O)O[C@@H]1[C@H](O)[C@@H](CO)[C@@H](O)[C@H](O)[C@@H]1O)OC. The van der Waals surface area contributed by atoms with Crippen molar-refractivity contribution in [3.63, 3.8) is 0 Å². The van der Waals surface area contributed by atoms with Gasteiger partial charge in [-0.1, -0.05) is 103 Å². The summed E-state index contributed by atoms with van der Waals surface area (Å²) in [6, 6.07) is 0. The Morgan fingerprint density at radius 1 is 0.683 bits per heavy atom. The minimum absolute atomic E-state index is 0.140. The fourth-order valence-electron chi connectivity index (χ4n) is 5.15. The Labute approximate surface area is 247 Å². The molecular formula is C29H59O11P. The molecule has 8 atom stereocenters. The molecule has 0 saturated heterocycles. The summed E-state index contributed by atoms with van der Waals surface area (Å²) in [5.74, 6) is -1.27. The maximum Gasteiger partial charge on any atom is 0.472 e. The Hall–Kier alpha value is -0.170. The molecule has 1 unspecified atom stereocenters. The summed E-state index contributed by atoms with van der Waals surface area (Å²) in [5.41, 5.74) is 0. The third kappa shape index (κ3) is 16.5. The molecule has 6 N–H and O–H groups in total. The fraction of sp³-hybridized carbons (Fsp3) is 1.00. The fourth-order valence-corrected chi connectivity index (χ4v) is 6.12. The number of hydrogen-bond donors (Lipinski definition) is 6. The van der Waals surface area contributed by atoms with E-state index >= 15 is 0 Å². The van der Waals surface area contributed by atoms with Gasteiger partial charge in [-0.15, -0.1) is 0 Å². The zero-order valence-corrected chi connectivity index (χ0v) is 26.2. The smallest absolute Gasteiger partial charge is 0.396 e. The second kappa shape index (κ2) is 23.2. The lowest BCUT2D eigenvalue weighted by Gasteiger charge is -2.43. The van der Waals surface area contributed by atoms with Crippen LogP contribution in [0.4, 0.5) is 0 Å². The summed E-state index contributed by atoms with van der Waals surface area (Å²) in [7, 11) is -3.38. The van der Waals surface area contributed by atoms with Crippen LogP contribution in [0.25, 0.3) is 0 Å². The summed E-state index contributed by atoms with van der Waals surface area (Å²) in [6.45, 7) is 1.85. The average Bonchev–Trinajstić information content (AvgIpc) is 2.95. The van der Waals surface area contributed by atoms with Gasteiger partial charge in [-0.05, 0) is 6.42 Å². The van der Waals surface area contributed by atoms with E-state index in [1.807, 2.05) is 0 Å². The maximum absolute atomic E-state index is 12.4. The average molecular weight is 615 g/mol. The molecule has 11 nitrogen and oxygen atoms in total. The first-order valence-electron chi connectivity index (χ1n) is 15.8. The summed E-state index contributed by atoms with van der Waals surface area (Å²) < 4.78 is 33.1. The van der Waals surface area contributed by atoms with Crippen LogP contribution in [0.5, 0.6) is 0 Å². The highest BCUT2D eigenvalue weighted by Gasteiger charge is 2.51. The van der Waals surface area contributed by atoms with Crippen LogP contribution < -0.4 is 0 Å². The molecule has 1 fully saturated rings. The number of aliphatic hydroxyl groups is 5. The zero-order chi connectivity index (χ0) is 30.5. The van der Waals surface area contributed by atoms with Gasteiger partial charge in [-0.3, -0.25) is 9.05 Å². The number of aliphatic hydroxyl groups excluding tert-OH is 5. The van der Waals surface area contributed by atoms with Gasteiger partial charge in [0.2, 0.25) is 0 Å². The van der Waals surface area contributed by atoms with Crippen molar-refractivity contribution in [3.8, 4) is 0 Å². The van der Waals surface area contributed by atoms with E-state index in [9.17, 15) is 35.0 Å². The molecule has 0 aromatic carbocycles. The largest absolute Gasteiger partial charge is 0.472 e. The van der Waals surface area contributed by atoms with Crippen molar-refractivity contribution >= 4 is 7.82 Å². The van der Waals surface area contributed by atoms with E-state index in [1.165, 1.54) is 97.0 Å². The molecule has 246 valence electrons. The predicted octanol–water partition coefficient (Wildman–Crippen LogP) is 3.85. The molecule has 0 bridgehead atoms. The normalized spacial score (nSPS) is 27.1. The molecule has 12 heteroatoms. The van der Waals surface area contributed by atoms with Gasteiger partial charge in [0.15, 0.2) is 0 Å². The number of hydrogen-bond acceptors (Lipinski definition) is 10. The highest BCUT2D eigenvalue weighted by molar-refractivity contribution is 7.47. The van der Waals surface area contributed by atoms with Crippen molar-refractivity contribution in [2.45, 2.75) is 146 Å². The van der Waals surface area contributed by atoms with Crippen LogP contribution in [0.3, 0.4) is 0 Å². The van der Waals surface area contributed by atoms with Gasteiger partial charge in [0, 0.05) is 19.6 Å².